The molecule has 132 valence electrons. The molecule has 5 heteroatoms. The van der Waals surface area contributed by atoms with Gasteiger partial charge < -0.3 is 10.1 Å². The van der Waals surface area contributed by atoms with Crippen molar-refractivity contribution in [2.75, 3.05) is 26.2 Å². The molecule has 0 aromatic heterocycles. The maximum atomic E-state index is 14.1. The predicted octanol–water partition coefficient (Wildman–Crippen LogP) is 3.74. The van der Waals surface area contributed by atoms with Crippen LogP contribution in [0.25, 0.3) is 0 Å². The number of aryl methyl sites for hydroxylation is 1. The molecule has 0 aliphatic carbocycles. The van der Waals surface area contributed by atoms with E-state index in [2.05, 4.69) is 35.3 Å². The van der Waals surface area contributed by atoms with Crippen molar-refractivity contribution in [3.63, 3.8) is 0 Å². The third-order valence-corrected chi connectivity index (χ3v) is 5.29. The largest absolute Gasteiger partial charge is 0.490 e. The van der Waals surface area contributed by atoms with Crippen molar-refractivity contribution in [3.05, 3.63) is 64.7 Å². The molecule has 4 rings (SSSR count). The van der Waals surface area contributed by atoms with E-state index in [1.807, 2.05) is 6.07 Å². The predicted molar refractivity (Wildman–Crippen MR) is 92.7 cm³/mol. The summed E-state index contributed by atoms with van der Waals surface area (Å²) in [6.07, 6.45) is 0.790. The smallest absolute Gasteiger partial charge is 0.200 e. The van der Waals surface area contributed by atoms with Gasteiger partial charge in [0.15, 0.2) is 11.6 Å². The van der Waals surface area contributed by atoms with E-state index in [1.165, 1.54) is 17.2 Å². The van der Waals surface area contributed by atoms with Crippen LogP contribution >= 0.6 is 0 Å². The van der Waals surface area contributed by atoms with Crippen LogP contribution in [0, 0.1) is 18.6 Å². The van der Waals surface area contributed by atoms with Gasteiger partial charge in [-0.05, 0) is 24.1 Å². The minimum Gasteiger partial charge on any atom is -0.490 e. The monoisotopic (exact) mass is 344 g/mol. The van der Waals surface area contributed by atoms with E-state index < -0.39 is 11.6 Å². The minimum absolute atomic E-state index is 0.0625. The number of piperazine rings is 1. The zero-order valence-electron chi connectivity index (χ0n) is 14.3. The molecule has 2 aromatic carbocycles. The van der Waals surface area contributed by atoms with Gasteiger partial charge in [-0.2, -0.15) is 4.39 Å². The summed E-state index contributed by atoms with van der Waals surface area (Å²) in [5.41, 5.74) is 3.32. The van der Waals surface area contributed by atoms with Crippen molar-refractivity contribution in [1.29, 1.82) is 0 Å². The number of benzene rings is 2. The second-order valence-corrected chi connectivity index (χ2v) is 6.79. The van der Waals surface area contributed by atoms with Gasteiger partial charge in [0.2, 0.25) is 5.82 Å². The second kappa shape index (κ2) is 6.73. The standard InChI is InChI=1S/C20H22F2N2O/c1-13-4-2-3-5-14(13)17-12-24(10-9-23-17)18-8-11-25-20-15(18)6-7-16(21)19(20)22/h2-7,17-18,23H,8-12H2,1H3/t17-,18+/m0/s1. The zero-order chi connectivity index (χ0) is 17.4. The lowest BCUT2D eigenvalue weighted by Crippen LogP contribution is -2.48. The van der Waals surface area contributed by atoms with Crippen molar-refractivity contribution < 1.29 is 13.5 Å². The van der Waals surface area contributed by atoms with Crippen molar-refractivity contribution in [2.45, 2.75) is 25.4 Å². The molecule has 2 aromatic rings. The number of halogens is 2. The molecule has 0 bridgehead atoms. The Labute approximate surface area is 146 Å². The summed E-state index contributed by atoms with van der Waals surface area (Å²) in [6.45, 7) is 5.13. The topological polar surface area (TPSA) is 24.5 Å². The van der Waals surface area contributed by atoms with E-state index in [0.29, 0.717) is 6.61 Å². The van der Waals surface area contributed by atoms with Crippen LogP contribution in [0.5, 0.6) is 5.75 Å². The summed E-state index contributed by atoms with van der Waals surface area (Å²) < 4.78 is 33.0. The van der Waals surface area contributed by atoms with Gasteiger partial charge in [-0.25, -0.2) is 4.39 Å². The number of nitrogens with zero attached hydrogens (tertiary/aromatic N) is 1. The molecule has 1 N–H and O–H groups in total. The van der Waals surface area contributed by atoms with Gasteiger partial charge >= 0.3 is 0 Å². The van der Waals surface area contributed by atoms with Gasteiger partial charge in [0, 0.05) is 43.7 Å². The van der Waals surface area contributed by atoms with Crippen molar-refractivity contribution in [2.24, 2.45) is 0 Å². The first-order chi connectivity index (χ1) is 12.1. The zero-order valence-corrected chi connectivity index (χ0v) is 14.3. The maximum Gasteiger partial charge on any atom is 0.200 e. The van der Waals surface area contributed by atoms with E-state index in [9.17, 15) is 8.78 Å². The normalized spacial score (nSPS) is 23.8. The fourth-order valence-electron chi connectivity index (χ4n) is 4.01. The fourth-order valence-corrected chi connectivity index (χ4v) is 4.01. The first-order valence-corrected chi connectivity index (χ1v) is 8.79. The summed E-state index contributed by atoms with van der Waals surface area (Å²) in [5, 5.41) is 3.58. The van der Waals surface area contributed by atoms with Crippen molar-refractivity contribution in [1.82, 2.24) is 10.2 Å². The molecule has 25 heavy (non-hydrogen) atoms. The van der Waals surface area contributed by atoms with Gasteiger partial charge in [-0.3, -0.25) is 4.90 Å². The van der Waals surface area contributed by atoms with Crippen LogP contribution in [-0.2, 0) is 0 Å². The summed E-state index contributed by atoms with van der Waals surface area (Å²) in [6, 6.07) is 11.6. The fraction of sp³-hybridized carbons (Fsp3) is 0.400. The molecular weight excluding hydrogens is 322 g/mol. The number of hydrogen-bond donors (Lipinski definition) is 1. The Morgan fingerprint density at radius 3 is 2.80 bits per heavy atom. The first-order valence-electron chi connectivity index (χ1n) is 8.79. The van der Waals surface area contributed by atoms with Crippen LogP contribution in [0.15, 0.2) is 36.4 Å². The molecule has 3 nitrogen and oxygen atoms in total. The van der Waals surface area contributed by atoms with Crippen LogP contribution < -0.4 is 10.1 Å². The summed E-state index contributed by atoms with van der Waals surface area (Å²) in [7, 11) is 0. The molecule has 2 aliphatic rings. The molecule has 0 spiro atoms. The van der Waals surface area contributed by atoms with Crippen LogP contribution in [0.4, 0.5) is 8.78 Å². The van der Waals surface area contributed by atoms with E-state index >= 15 is 0 Å². The Morgan fingerprint density at radius 1 is 1.12 bits per heavy atom. The summed E-state index contributed by atoms with van der Waals surface area (Å²) in [5.74, 6) is -1.63. The molecule has 0 amide bonds. The Hall–Kier alpha value is -1.98. The molecule has 0 radical (unpaired) electrons. The SMILES string of the molecule is Cc1ccccc1[C@@H]1CN([C@@H]2CCOc3c2ccc(F)c3F)CCN1. The number of nitrogens with one attached hydrogen (secondary N) is 1. The molecule has 1 saturated heterocycles. The van der Waals surface area contributed by atoms with Gasteiger partial charge in [-0.15, -0.1) is 0 Å². The lowest BCUT2D eigenvalue weighted by atomic mass is 9.94. The molecule has 2 heterocycles. The van der Waals surface area contributed by atoms with Crippen LogP contribution in [-0.4, -0.2) is 31.1 Å². The number of ether oxygens (including phenoxy) is 1. The molecule has 2 aliphatic heterocycles. The summed E-state index contributed by atoms with van der Waals surface area (Å²) >= 11 is 0. The molecule has 0 saturated carbocycles. The van der Waals surface area contributed by atoms with E-state index in [4.69, 9.17) is 4.74 Å². The van der Waals surface area contributed by atoms with E-state index in [0.717, 1.165) is 31.6 Å². The van der Waals surface area contributed by atoms with Crippen LogP contribution in [0.1, 0.15) is 35.2 Å². The Balaban J connectivity index is 1.61. The van der Waals surface area contributed by atoms with Crippen molar-refractivity contribution in [3.8, 4) is 5.75 Å². The highest BCUT2D eigenvalue weighted by Crippen LogP contribution is 2.39. The van der Waals surface area contributed by atoms with E-state index in [1.54, 1.807) is 6.07 Å². The molecule has 0 unspecified atom stereocenters. The van der Waals surface area contributed by atoms with E-state index in [-0.39, 0.29) is 17.8 Å². The third kappa shape index (κ3) is 3.02. The quantitative estimate of drug-likeness (QED) is 0.898. The molecule has 2 atom stereocenters. The average Bonchev–Trinajstić information content (AvgIpc) is 2.65. The Morgan fingerprint density at radius 2 is 1.96 bits per heavy atom. The van der Waals surface area contributed by atoms with Gasteiger partial charge in [-0.1, -0.05) is 30.3 Å². The number of rotatable bonds is 2. The highest BCUT2D eigenvalue weighted by molar-refractivity contribution is 5.40. The van der Waals surface area contributed by atoms with Gasteiger partial charge in [0.25, 0.3) is 0 Å². The lowest BCUT2D eigenvalue weighted by molar-refractivity contribution is 0.104. The second-order valence-electron chi connectivity index (χ2n) is 6.79. The molecular formula is C20H22F2N2O. The number of hydrogen-bond acceptors (Lipinski definition) is 3. The average molecular weight is 344 g/mol. The highest BCUT2D eigenvalue weighted by Gasteiger charge is 2.33. The maximum absolute atomic E-state index is 14.1. The van der Waals surface area contributed by atoms with Gasteiger partial charge in [0.1, 0.15) is 0 Å². The first kappa shape index (κ1) is 16.5. The minimum atomic E-state index is -0.868. The van der Waals surface area contributed by atoms with Gasteiger partial charge in [0.05, 0.1) is 6.61 Å². The lowest BCUT2D eigenvalue weighted by Gasteiger charge is -2.41. The van der Waals surface area contributed by atoms with Crippen molar-refractivity contribution >= 4 is 0 Å². The molecule has 1 fully saturated rings. The van der Waals surface area contributed by atoms with Crippen LogP contribution in [0.2, 0.25) is 0 Å². The Kier molecular flexibility index (Phi) is 4.44. The van der Waals surface area contributed by atoms with Crippen LogP contribution in [0.3, 0.4) is 0 Å². The highest BCUT2D eigenvalue weighted by atomic mass is 19.2. The summed E-state index contributed by atoms with van der Waals surface area (Å²) in [4.78, 5) is 2.37. The third-order valence-electron chi connectivity index (χ3n) is 5.29. The Bertz CT molecular complexity index is 780. The number of fused-ring (bicyclic) bond motifs is 1.